The van der Waals surface area contributed by atoms with E-state index < -0.39 is 15.9 Å². The van der Waals surface area contributed by atoms with Crippen molar-refractivity contribution in [1.82, 2.24) is 15.3 Å². The minimum atomic E-state index is -3.32. The summed E-state index contributed by atoms with van der Waals surface area (Å²) in [5, 5.41) is 5.22. The van der Waals surface area contributed by atoms with E-state index in [-0.39, 0.29) is 30.0 Å². The van der Waals surface area contributed by atoms with Gasteiger partial charge in [-0.1, -0.05) is 12.1 Å². The highest BCUT2D eigenvalue weighted by Gasteiger charge is 2.41. The van der Waals surface area contributed by atoms with Gasteiger partial charge >= 0.3 is 6.03 Å². The summed E-state index contributed by atoms with van der Waals surface area (Å²) in [6.07, 6.45) is 2.80. The minimum absolute atomic E-state index is 0.125. The molecule has 11 nitrogen and oxygen atoms in total. The van der Waals surface area contributed by atoms with Crippen molar-refractivity contribution in [3.05, 3.63) is 60.3 Å². The molecule has 192 valence electrons. The second-order valence-electron chi connectivity index (χ2n) is 8.81. The van der Waals surface area contributed by atoms with Crippen LogP contribution in [0.2, 0.25) is 0 Å². The zero-order valence-corrected chi connectivity index (χ0v) is 21.2. The van der Waals surface area contributed by atoms with Gasteiger partial charge in [0.05, 0.1) is 30.9 Å². The Morgan fingerprint density at radius 3 is 2.54 bits per heavy atom. The Bertz CT molecular complexity index is 1440. The Morgan fingerprint density at radius 1 is 1.14 bits per heavy atom. The zero-order chi connectivity index (χ0) is 26.2. The van der Waals surface area contributed by atoms with Gasteiger partial charge in [0.15, 0.2) is 21.5 Å². The molecule has 0 saturated carbocycles. The molecule has 5 rings (SSSR count). The Hall–Kier alpha value is -4.03. The Morgan fingerprint density at radius 2 is 1.86 bits per heavy atom. The maximum Gasteiger partial charge on any atom is 0.318 e. The van der Waals surface area contributed by atoms with Crippen LogP contribution in [0.25, 0.3) is 11.4 Å². The summed E-state index contributed by atoms with van der Waals surface area (Å²) in [6, 6.07) is 12.8. The lowest BCUT2D eigenvalue weighted by Gasteiger charge is -2.43. The molecular formula is C25H26N6O5S. The summed E-state index contributed by atoms with van der Waals surface area (Å²) >= 11 is 0. The van der Waals surface area contributed by atoms with Gasteiger partial charge in [0.2, 0.25) is 0 Å². The van der Waals surface area contributed by atoms with Crippen molar-refractivity contribution in [2.75, 3.05) is 48.2 Å². The van der Waals surface area contributed by atoms with E-state index >= 15 is 0 Å². The van der Waals surface area contributed by atoms with Crippen molar-refractivity contribution in [3.63, 3.8) is 0 Å². The number of hydrogen-bond donors (Lipinski definition) is 2. The molecule has 1 fully saturated rings. The summed E-state index contributed by atoms with van der Waals surface area (Å²) in [7, 11) is -1.77. The number of aromatic nitrogens is 2. The van der Waals surface area contributed by atoms with Crippen LogP contribution in [0.1, 0.15) is 5.56 Å². The van der Waals surface area contributed by atoms with Crippen LogP contribution in [0.15, 0.2) is 59.6 Å². The van der Waals surface area contributed by atoms with Crippen LogP contribution >= 0.6 is 0 Å². The molecule has 3 amide bonds. The van der Waals surface area contributed by atoms with Gasteiger partial charge in [0, 0.05) is 31.1 Å². The number of amides is 3. The largest absolute Gasteiger partial charge is 0.377 e. The smallest absolute Gasteiger partial charge is 0.318 e. The third-order valence-electron chi connectivity index (χ3n) is 6.31. The molecule has 0 aliphatic carbocycles. The first-order valence-electron chi connectivity index (χ1n) is 11.7. The second-order valence-corrected chi connectivity index (χ2v) is 10.8. The zero-order valence-electron chi connectivity index (χ0n) is 20.3. The van der Waals surface area contributed by atoms with E-state index in [0.717, 1.165) is 17.4 Å². The van der Waals surface area contributed by atoms with Gasteiger partial charge in [0.25, 0.3) is 5.91 Å². The van der Waals surface area contributed by atoms with Gasteiger partial charge in [-0.25, -0.2) is 23.2 Å². The van der Waals surface area contributed by atoms with E-state index in [1.807, 2.05) is 17.0 Å². The number of urea groups is 1. The molecule has 0 bridgehead atoms. The molecule has 1 aromatic heterocycles. The monoisotopic (exact) mass is 522 g/mol. The molecule has 12 heteroatoms. The van der Waals surface area contributed by atoms with E-state index in [2.05, 4.69) is 15.6 Å². The molecule has 2 N–H and O–H groups in total. The summed E-state index contributed by atoms with van der Waals surface area (Å²) < 4.78 is 29.2. The molecule has 2 aliphatic rings. The number of benzene rings is 2. The standard InChI is InChI=1S/C25H26N6O5S/c1-26-25(33)28-18-7-5-17(6-8-18)22-27-13-20-23(29-22)30-11-12-36-15-21(30)24(32)31(20)14-16-3-9-19(10-4-16)37(2,34)35/h3-10,13,21H,11-12,14-15H2,1-2H3,(H2,26,28,33). The fraction of sp³-hybridized carbons (Fsp3) is 0.280. The van der Waals surface area contributed by atoms with E-state index in [1.54, 1.807) is 42.4 Å². The fourth-order valence-electron chi connectivity index (χ4n) is 4.35. The average Bonchev–Trinajstić information content (AvgIpc) is 2.91. The van der Waals surface area contributed by atoms with Crippen molar-refractivity contribution < 1.29 is 22.7 Å². The maximum atomic E-state index is 13.5. The molecular weight excluding hydrogens is 496 g/mol. The van der Waals surface area contributed by atoms with Gasteiger partial charge in [0.1, 0.15) is 11.7 Å². The lowest BCUT2D eigenvalue weighted by Crippen LogP contribution is -2.58. The molecule has 3 heterocycles. The summed E-state index contributed by atoms with van der Waals surface area (Å²) in [6.45, 7) is 1.49. The van der Waals surface area contributed by atoms with Crippen LogP contribution in [0.4, 0.5) is 22.0 Å². The second kappa shape index (κ2) is 9.79. The van der Waals surface area contributed by atoms with Gasteiger partial charge in [-0.05, 0) is 42.0 Å². The van der Waals surface area contributed by atoms with E-state index in [1.165, 1.54) is 12.1 Å². The topological polar surface area (TPSA) is 134 Å². The summed E-state index contributed by atoms with van der Waals surface area (Å²) in [4.78, 5) is 38.2. The van der Waals surface area contributed by atoms with E-state index in [9.17, 15) is 18.0 Å². The minimum Gasteiger partial charge on any atom is -0.377 e. The van der Waals surface area contributed by atoms with Crippen LogP contribution in [0, 0.1) is 0 Å². The Labute approximate surface area is 214 Å². The number of nitrogens with zero attached hydrogens (tertiary/aromatic N) is 4. The molecule has 1 saturated heterocycles. The number of hydrogen-bond acceptors (Lipinski definition) is 8. The number of anilines is 3. The SMILES string of the molecule is CNC(=O)Nc1ccc(-c2ncc3c(n2)N2CCOCC2C(=O)N3Cc2ccc(S(C)(=O)=O)cc2)cc1. The van der Waals surface area contributed by atoms with Crippen molar-refractivity contribution in [2.45, 2.75) is 17.5 Å². The molecule has 0 radical (unpaired) electrons. The van der Waals surface area contributed by atoms with Crippen molar-refractivity contribution >= 4 is 39.0 Å². The van der Waals surface area contributed by atoms with Gasteiger partial charge in [-0.2, -0.15) is 0 Å². The maximum absolute atomic E-state index is 13.5. The average molecular weight is 523 g/mol. The number of morpholine rings is 1. The van der Waals surface area contributed by atoms with Crippen LogP contribution in [-0.2, 0) is 25.9 Å². The molecule has 37 heavy (non-hydrogen) atoms. The van der Waals surface area contributed by atoms with E-state index in [4.69, 9.17) is 9.72 Å². The normalized spacial score (nSPS) is 17.1. The van der Waals surface area contributed by atoms with E-state index in [0.29, 0.717) is 36.2 Å². The molecule has 1 unspecified atom stereocenters. The molecule has 0 spiro atoms. The molecule has 2 aliphatic heterocycles. The Kier molecular flexibility index (Phi) is 6.52. The molecule has 1 atom stereocenters. The lowest BCUT2D eigenvalue weighted by atomic mass is 10.1. The lowest BCUT2D eigenvalue weighted by molar-refractivity contribution is -0.122. The molecule has 2 aromatic carbocycles. The third-order valence-corrected chi connectivity index (χ3v) is 7.44. The van der Waals surface area contributed by atoms with Crippen molar-refractivity contribution in [2.24, 2.45) is 0 Å². The summed E-state index contributed by atoms with van der Waals surface area (Å²) in [5.74, 6) is 1.00. The number of nitrogens with one attached hydrogen (secondary N) is 2. The van der Waals surface area contributed by atoms with Crippen molar-refractivity contribution in [1.29, 1.82) is 0 Å². The van der Waals surface area contributed by atoms with Crippen LogP contribution in [0.3, 0.4) is 0 Å². The Balaban J connectivity index is 1.48. The highest BCUT2D eigenvalue weighted by atomic mass is 32.2. The number of rotatable bonds is 5. The van der Waals surface area contributed by atoms with Crippen LogP contribution < -0.4 is 20.4 Å². The van der Waals surface area contributed by atoms with Crippen LogP contribution in [0.5, 0.6) is 0 Å². The van der Waals surface area contributed by atoms with Crippen LogP contribution in [-0.4, -0.2) is 69.4 Å². The van der Waals surface area contributed by atoms with Gasteiger partial charge in [-0.15, -0.1) is 0 Å². The predicted molar refractivity (Wildman–Crippen MR) is 138 cm³/mol. The van der Waals surface area contributed by atoms with Crippen molar-refractivity contribution in [3.8, 4) is 11.4 Å². The summed E-state index contributed by atoms with van der Waals surface area (Å²) in [5.41, 5.74) is 2.75. The molecule has 3 aromatic rings. The highest BCUT2D eigenvalue weighted by Crippen LogP contribution is 2.37. The first-order valence-corrected chi connectivity index (χ1v) is 13.5. The number of carbonyl (C=O) groups is 2. The third kappa shape index (κ3) is 4.98. The first-order chi connectivity index (χ1) is 17.7. The number of fused-ring (bicyclic) bond motifs is 3. The number of ether oxygens (including phenoxy) is 1. The van der Waals surface area contributed by atoms with Gasteiger partial charge in [-0.3, -0.25) is 4.79 Å². The highest BCUT2D eigenvalue weighted by molar-refractivity contribution is 7.90. The quantitative estimate of drug-likeness (QED) is 0.520. The fourth-order valence-corrected chi connectivity index (χ4v) is 4.98. The first kappa shape index (κ1) is 24.7. The number of sulfone groups is 1. The van der Waals surface area contributed by atoms with Gasteiger partial charge < -0.3 is 25.2 Å². The number of carbonyl (C=O) groups excluding carboxylic acids is 2. The predicted octanol–water partition coefficient (Wildman–Crippen LogP) is 2.05.